The Hall–Kier alpha value is -2.67. The second-order valence-electron chi connectivity index (χ2n) is 3.75. The van der Waals surface area contributed by atoms with Gasteiger partial charge in [-0.1, -0.05) is 23.4 Å². The normalized spacial score (nSPS) is 10.4. The third kappa shape index (κ3) is 2.71. The van der Waals surface area contributed by atoms with Gasteiger partial charge in [0, 0.05) is 6.07 Å². The van der Waals surface area contributed by atoms with E-state index in [9.17, 15) is 4.79 Å². The van der Waals surface area contributed by atoms with Crippen molar-refractivity contribution in [3.8, 4) is 6.07 Å². The van der Waals surface area contributed by atoms with Crippen LogP contribution in [0, 0.1) is 18.3 Å². The second kappa shape index (κ2) is 5.11. The number of nitrogens with zero attached hydrogens (tertiary/aromatic N) is 2. The van der Waals surface area contributed by atoms with E-state index in [0.717, 1.165) is 5.56 Å². The van der Waals surface area contributed by atoms with Gasteiger partial charge in [0.15, 0.2) is 5.69 Å². The maximum atomic E-state index is 11.7. The number of hydrogen-bond donors (Lipinski definition) is 0. The molecule has 1 heterocycles. The molecule has 0 fully saturated rings. The van der Waals surface area contributed by atoms with Crippen molar-refractivity contribution >= 4 is 11.9 Å². The van der Waals surface area contributed by atoms with Crippen molar-refractivity contribution in [2.75, 3.05) is 0 Å². The molecule has 0 saturated heterocycles. The zero-order valence-electron chi connectivity index (χ0n) is 9.75. The van der Waals surface area contributed by atoms with Crippen LogP contribution in [0.4, 0.5) is 0 Å². The molecule has 88 valence electrons. The highest BCUT2D eigenvalue weighted by Crippen LogP contribution is 2.08. The van der Waals surface area contributed by atoms with E-state index < -0.39 is 0 Å². The first-order valence-corrected chi connectivity index (χ1v) is 5.35. The maximum absolute atomic E-state index is 11.7. The molecule has 18 heavy (non-hydrogen) atoms. The van der Waals surface area contributed by atoms with Crippen LogP contribution in [-0.2, 0) is 0 Å². The number of hydrogen-bond acceptors (Lipinski definition) is 4. The van der Waals surface area contributed by atoms with Crippen molar-refractivity contribution in [2.45, 2.75) is 6.92 Å². The number of aromatic nitrogens is 1. The third-order valence-corrected chi connectivity index (χ3v) is 2.35. The Labute approximate surface area is 104 Å². The minimum absolute atomic E-state index is 0.212. The lowest BCUT2D eigenvalue weighted by molar-refractivity contribution is 0.103. The van der Waals surface area contributed by atoms with Gasteiger partial charge in [-0.25, -0.2) is 0 Å². The topological polar surface area (TPSA) is 66.9 Å². The molecule has 2 rings (SSSR count). The fourth-order valence-corrected chi connectivity index (χ4v) is 1.41. The number of ketones is 1. The smallest absolute Gasteiger partial charge is 0.207 e. The van der Waals surface area contributed by atoms with Gasteiger partial charge in [0.05, 0.1) is 11.6 Å². The Morgan fingerprint density at radius 2 is 2.11 bits per heavy atom. The van der Waals surface area contributed by atoms with Crippen LogP contribution in [0.5, 0.6) is 0 Å². The molecule has 0 spiro atoms. The van der Waals surface area contributed by atoms with Crippen molar-refractivity contribution in [3.05, 3.63) is 59.0 Å². The van der Waals surface area contributed by atoms with E-state index in [1.165, 1.54) is 6.08 Å². The van der Waals surface area contributed by atoms with E-state index in [-0.39, 0.29) is 11.5 Å². The molecule has 0 saturated carbocycles. The largest absolute Gasteiger partial charge is 0.361 e. The fourth-order valence-electron chi connectivity index (χ4n) is 1.41. The van der Waals surface area contributed by atoms with Crippen LogP contribution < -0.4 is 0 Å². The Balaban J connectivity index is 2.11. The van der Waals surface area contributed by atoms with E-state index in [1.807, 2.05) is 6.07 Å². The van der Waals surface area contributed by atoms with Gasteiger partial charge in [0.1, 0.15) is 5.76 Å². The van der Waals surface area contributed by atoms with Crippen molar-refractivity contribution in [1.82, 2.24) is 5.16 Å². The van der Waals surface area contributed by atoms with Gasteiger partial charge in [-0.3, -0.25) is 4.79 Å². The highest BCUT2D eigenvalue weighted by molar-refractivity contribution is 6.05. The molecule has 0 radical (unpaired) electrons. The summed E-state index contributed by atoms with van der Waals surface area (Å²) in [5.41, 5.74) is 1.73. The summed E-state index contributed by atoms with van der Waals surface area (Å²) in [6.07, 6.45) is 3.10. The molecule has 0 aliphatic carbocycles. The second-order valence-corrected chi connectivity index (χ2v) is 3.75. The average molecular weight is 238 g/mol. The molecule has 0 N–H and O–H groups in total. The molecule has 1 aromatic carbocycles. The van der Waals surface area contributed by atoms with Gasteiger partial charge >= 0.3 is 0 Å². The van der Waals surface area contributed by atoms with Crippen molar-refractivity contribution in [3.63, 3.8) is 0 Å². The van der Waals surface area contributed by atoms with Gasteiger partial charge in [-0.05, 0) is 30.7 Å². The lowest BCUT2D eigenvalue weighted by atomic mass is 10.1. The monoisotopic (exact) mass is 238 g/mol. The zero-order valence-corrected chi connectivity index (χ0v) is 9.75. The minimum Gasteiger partial charge on any atom is -0.361 e. The molecule has 1 aromatic heterocycles. The summed E-state index contributed by atoms with van der Waals surface area (Å²) in [6, 6.07) is 10.6. The lowest BCUT2D eigenvalue weighted by Gasteiger charge is -1.92. The first-order valence-electron chi connectivity index (χ1n) is 5.35. The van der Waals surface area contributed by atoms with Crippen molar-refractivity contribution in [2.24, 2.45) is 0 Å². The Morgan fingerprint density at radius 1 is 1.39 bits per heavy atom. The standard InChI is InChI=1S/C14H10N2O2/c1-10-8-13(16-18-10)14(17)7-6-11-2-4-12(9-15)5-3-11/h2-8H,1H3/b7-6+. The van der Waals surface area contributed by atoms with Crippen LogP contribution in [0.2, 0.25) is 0 Å². The van der Waals surface area contributed by atoms with Crippen LogP contribution >= 0.6 is 0 Å². The number of aryl methyl sites for hydroxylation is 1. The lowest BCUT2D eigenvalue weighted by Crippen LogP contribution is -1.93. The van der Waals surface area contributed by atoms with Gasteiger partial charge in [0.25, 0.3) is 0 Å². The summed E-state index contributed by atoms with van der Waals surface area (Å²) in [5, 5.41) is 12.3. The Bertz CT molecular complexity index is 631. The van der Waals surface area contributed by atoms with Crippen LogP contribution in [0.3, 0.4) is 0 Å². The summed E-state index contributed by atoms with van der Waals surface area (Å²) < 4.78 is 4.83. The molecule has 0 unspecified atom stereocenters. The minimum atomic E-state index is -0.212. The first-order chi connectivity index (χ1) is 8.69. The van der Waals surface area contributed by atoms with Crippen molar-refractivity contribution in [1.29, 1.82) is 5.26 Å². The Kier molecular flexibility index (Phi) is 3.35. The van der Waals surface area contributed by atoms with Crippen LogP contribution in [0.25, 0.3) is 6.08 Å². The van der Waals surface area contributed by atoms with Gasteiger partial charge < -0.3 is 4.52 Å². The molecule has 4 nitrogen and oxygen atoms in total. The predicted octanol–water partition coefficient (Wildman–Crippen LogP) is 2.75. The first kappa shape index (κ1) is 11.8. The van der Waals surface area contributed by atoms with Crippen LogP contribution in [0.1, 0.15) is 27.4 Å². The summed E-state index contributed by atoms with van der Waals surface area (Å²) in [6.45, 7) is 1.73. The van der Waals surface area contributed by atoms with E-state index in [1.54, 1.807) is 43.3 Å². The average Bonchev–Trinajstić information content (AvgIpc) is 2.83. The number of rotatable bonds is 3. The third-order valence-electron chi connectivity index (χ3n) is 2.35. The van der Waals surface area contributed by atoms with Gasteiger partial charge in [-0.2, -0.15) is 5.26 Å². The SMILES string of the molecule is Cc1cc(C(=O)/C=C/c2ccc(C#N)cc2)no1. The Morgan fingerprint density at radius 3 is 2.67 bits per heavy atom. The van der Waals surface area contributed by atoms with Gasteiger partial charge in [-0.15, -0.1) is 0 Å². The molecule has 0 aliphatic rings. The number of carbonyl (C=O) groups is 1. The van der Waals surface area contributed by atoms with Crippen LogP contribution in [0.15, 0.2) is 40.9 Å². The molecule has 0 amide bonds. The van der Waals surface area contributed by atoms with Crippen molar-refractivity contribution < 1.29 is 9.32 Å². The summed E-state index contributed by atoms with van der Waals surface area (Å²) in [4.78, 5) is 11.7. The van der Waals surface area contributed by atoms with Gasteiger partial charge in [0.2, 0.25) is 5.78 Å². The number of nitriles is 1. The number of carbonyl (C=O) groups excluding carboxylic acids is 1. The molecule has 0 aliphatic heterocycles. The summed E-state index contributed by atoms with van der Waals surface area (Å²) in [7, 11) is 0. The van der Waals surface area contributed by atoms with Crippen LogP contribution in [-0.4, -0.2) is 10.9 Å². The molecule has 0 bridgehead atoms. The highest BCUT2D eigenvalue weighted by Gasteiger charge is 2.06. The summed E-state index contributed by atoms with van der Waals surface area (Å²) in [5.74, 6) is 0.390. The molecular formula is C14H10N2O2. The predicted molar refractivity (Wildman–Crippen MR) is 65.8 cm³/mol. The quantitative estimate of drug-likeness (QED) is 0.609. The fraction of sp³-hybridized carbons (Fsp3) is 0.0714. The maximum Gasteiger partial charge on any atom is 0.207 e. The van der Waals surface area contributed by atoms with E-state index in [2.05, 4.69) is 5.16 Å². The molecule has 4 heteroatoms. The van der Waals surface area contributed by atoms with E-state index >= 15 is 0 Å². The number of benzene rings is 1. The zero-order chi connectivity index (χ0) is 13.0. The highest BCUT2D eigenvalue weighted by atomic mass is 16.5. The molecular weight excluding hydrogens is 228 g/mol. The molecule has 0 atom stereocenters. The van der Waals surface area contributed by atoms with E-state index in [4.69, 9.17) is 9.78 Å². The summed E-state index contributed by atoms with van der Waals surface area (Å²) >= 11 is 0. The molecule has 2 aromatic rings. The number of allylic oxidation sites excluding steroid dienone is 1. The van der Waals surface area contributed by atoms with E-state index in [0.29, 0.717) is 11.3 Å².